The van der Waals surface area contributed by atoms with Gasteiger partial charge in [-0.25, -0.2) is 9.59 Å². The van der Waals surface area contributed by atoms with Gasteiger partial charge in [0.1, 0.15) is 12.1 Å². The molecule has 1 fully saturated rings. The highest BCUT2D eigenvalue weighted by Crippen LogP contribution is 2.27. The summed E-state index contributed by atoms with van der Waals surface area (Å²) >= 11 is 0. The number of ketones is 1. The van der Waals surface area contributed by atoms with Crippen molar-refractivity contribution in [3.8, 4) is 0 Å². The number of carbonyl (C=O) groups is 7. The van der Waals surface area contributed by atoms with Crippen molar-refractivity contribution in [3.63, 3.8) is 0 Å². The van der Waals surface area contributed by atoms with Crippen LogP contribution in [-0.4, -0.2) is 101 Å². The average Bonchev–Trinajstić information content (AvgIpc) is 3.10. The van der Waals surface area contributed by atoms with Crippen LogP contribution in [0.25, 0.3) is 0 Å². The van der Waals surface area contributed by atoms with Gasteiger partial charge in [-0.1, -0.05) is 76.8 Å². The maximum absolute atomic E-state index is 13.6. The SMILES string of the molecule is CCCC(NC(=O)C(CC(O)CO)NC(=O)C(NC(=O)OCC(C)C)C1CCCCC1)C(=O)C(=O)NCC(=O)NC(C(=O)O)c1ccccc1. The van der Waals surface area contributed by atoms with Crippen LogP contribution in [0.5, 0.6) is 0 Å². The Kier molecular flexibility index (Phi) is 17.9. The number of carboxylic acids is 1. The van der Waals surface area contributed by atoms with Crippen LogP contribution < -0.4 is 26.6 Å². The molecule has 16 nitrogen and oxygen atoms in total. The predicted molar refractivity (Wildman–Crippen MR) is 179 cm³/mol. The summed E-state index contributed by atoms with van der Waals surface area (Å²) in [7, 11) is 0. The molecule has 50 heavy (non-hydrogen) atoms. The van der Waals surface area contributed by atoms with E-state index in [1.165, 1.54) is 12.1 Å². The Morgan fingerprint density at radius 3 is 2.10 bits per heavy atom. The van der Waals surface area contributed by atoms with Gasteiger partial charge >= 0.3 is 12.1 Å². The smallest absolute Gasteiger partial charge is 0.407 e. The molecule has 0 radical (unpaired) electrons. The second-order valence-corrected chi connectivity index (χ2v) is 12.8. The van der Waals surface area contributed by atoms with Crippen LogP contribution in [0.4, 0.5) is 4.79 Å². The normalized spacial score (nSPS) is 16.1. The molecular formula is C34H51N5O11. The fourth-order valence-corrected chi connectivity index (χ4v) is 5.50. The third-order valence-electron chi connectivity index (χ3n) is 8.11. The van der Waals surface area contributed by atoms with Crippen LogP contribution in [0.15, 0.2) is 30.3 Å². The number of nitrogens with one attached hydrogen (secondary N) is 5. The number of alkyl carbamates (subject to hydrolysis) is 1. The number of aliphatic hydroxyl groups excluding tert-OH is 2. The molecule has 8 N–H and O–H groups in total. The van der Waals surface area contributed by atoms with E-state index >= 15 is 0 Å². The van der Waals surface area contributed by atoms with Crippen LogP contribution in [0.3, 0.4) is 0 Å². The first kappa shape index (κ1) is 41.6. The molecule has 1 aliphatic rings. The van der Waals surface area contributed by atoms with E-state index in [1.807, 2.05) is 13.8 Å². The van der Waals surface area contributed by atoms with Crippen LogP contribution >= 0.6 is 0 Å². The van der Waals surface area contributed by atoms with Crippen LogP contribution in [0.1, 0.15) is 83.7 Å². The van der Waals surface area contributed by atoms with Gasteiger partial charge < -0.3 is 46.6 Å². The highest BCUT2D eigenvalue weighted by atomic mass is 16.5. The Morgan fingerprint density at radius 2 is 1.52 bits per heavy atom. The summed E-state index contributed by atoms with van der Waals surface area (Å²) in [6.45, 7) is 4.07. The fourth-order valence-electron chi connectivity index (χ4n) is 5.50. The molecule has 0 aliphatic heterocycles. The van der Waals surface area contributed by atoms with E-state index in [4.69, 9.17) is 4.74 Å². The number of ether oxygens (including phenoxy) is 1. The molecule has 1 aromatic rings. The highest BCUT2D eigenvalue weighted by Gasteiger charge is 2.36. The molecule has 1 aromatic carbocycles. The lowest BCUT2D eigenvalue weighted by atomic mass is 9.83. The fraction of sp³-hybridized carbons (Fsp3) is 0.618. The number of rotatable bonds is 20. The van der Waals surface area contributed by atoms with Crippen molar-refractivity contribution in [2.75, 3.05) is 19.8 Å². The molecule has 5 atom stereocenters. The summed E-state index contributed by atoms with van der Waals surface area (Å²) in [6.07, 6.45) is 1.57. The minimum absolute atomic E-state index is 0.00352. The third kappa shape index (κ3) is 14.1. The van der Waals surface area contributed by atoms with Gasteiger partial charge in [-0.3, -0.25) is 24.0 Å². The Labute approximate surface area is 291 Å². The molecular weight excluding hydrogens is 654 g/mol. The molecule has 5 unspecified atom stereocenters. The van der Waals surface area contributed by atoms with Gasteiger partial charge in [0.2, 0.25) is 23.5 Å². The first-order valence-corrected chi connectivity index (χ1v) is 17.0. The summed E-state index contributed by atoms with van der Waals surface area (Å²) in [5, 5.41) is 41.2. The minimum Gasteiger partial charge on any atom is -0.479 e. The Bertz CT molecular complexity index is 1300. The van der Waals surface area contributed by atoms with E-state index in [0.717, 1.165) is 19.3 Å². The summed E-state index contributed by atoms with van der Waals surface area (Å²) in [6, 6.07) is 2.53. The second kappa shape index (κ2) is 21.5. The Hall–Kier alpha value is -4.57. The number of amides is 5. The zero-order valence-electron chi connectivity index (χ0n) is 28.8. The molecule has 0 aromatic heterocycles. The van der Waals surface area contributed by atoms with Gasteiger partial charge in [-0.05, 0) is 36.7 Å². The predicted octanol–water partition coefficient (Wildman–Crippen LogP) is 0.458. The summed E-state index contributed by atoms with van der Waals surface area (Å²) < 4.78 is 5.21. The monoisotopic (exact) mass is 705 g/mol. The molecule has 1 aliphatic carbocycles. The van der Waals surface area contributed by atoms with Crippen molar-refractivity contribution in [2.24, 2.45) is 11.8 Å². The number of carboxylic acid groups (broad SMARTS) is 1. The van der Waals surface area contributed by atoms with Crippen LogP contribution in [-0.2, 0) is 33.5 Å². The van der Waals surface area contributed by atoms with E-state index in [9.17, 15) is 48.9 Å². The first-order valence-electron chi connectivity index (χ1n) is 17.0. The number of benzene rings is 1. The van der Waals surface area contributed by atoms with Gasteiger partial charge in [0.15, 0.2) is 6.04 Å². The summed E-state index contributed by atoms with van der Waals surface area (Å²) in [5.74, 6) is -6.39. The lowest BCUT2D eigenvalue weighted by Gasteiger charge is -2.31. The van der Waals surface area contributed by atoms with Crippen molar-refractivity contribution < 1.29 is 53.6 Å². The van der Waals surface area contributed by atoms with Gasteiger partial charge in [0, 0.05) is 6.42 Å². The van der Waals surface area contributed by atoms with Crippen molar-refractivity contribution in [2.45, 2.75) is 102 Å². The number of hydrogen-bond donors (Lipinski definition) is 8. The molecule has 1 saturated carbocycles. The van der Waals surface area contributed by atoms with Crippen LogP contribution in [0.2, 0.25) is 0 Å². The number of Topliss-reactive ketones (excluding diaryl/α,β-unsaturated/α-hetero) is 1. The summed E-state index contributed by atoms with van der Waals surface area (Å²) in [4.78, 5) is 89.7. The van der Waals surface area contributed by atoms with E-state index < -0.39 is 91.3 Å². The number of hydrogen-bond acceptors (Lipinski definition) is 10. The van der Waals surface area contributed by atoms with E-state index in [-0.39, 0.29) is 24.9 Å². The average molecular weight is 706 g/mol. The number of aliphatic hydroxyl groups is 2. The Balaban J connectivity index is 2.13. The standard InChI is InChI=1S/C34H51N5O11/c1-4-11-24(29(43)32(46)35-17-26(42)38-28(33(47)48)22-14-9-6-10-15-22)36-30(44)25(16-23(41)18-40)37-31(45)27(21-12-7-5-8-13-21)39-34(49)50-19-20(2)3/h6,9-10,14-15,20-21,23-25,27-28,40-41H,4-5,7-8,11-13,16-19H2,1-3H3,(H,35,46)(H,36,44)(H,37,45)(H,38,42)(H,39,49)(H,47,48). The lowest BCUT2D eigenvalue weighted by molar-refractivity contribution is -0.142. The zero-order chi connectivity index (χ0) is 37.2. The van der Waals surface area contributed by atoms with Gasteiger partial charge in [0.05, 0.1) is 31.9 Å². The first-order chi connectivity index (χ1) is 23.8. The lowest BCUT2D eigenvalue weighted by Crippen LogP contribution is -2.59. The van der Waals surface area contributed by atoms with Crippen LogP contribution in [0, 0.1) is 11.8 Å². The Morgan fingerprint density at radius 1 is 0.880 bits per heavy atom. The maximum Gasteiger partial charge on any atom is 0.407 e. The van der Waals surface area contributed by atoms with Crippen molar-refractivity contribution in [1.82, 2.24) is 26.6 Å². The van der Waals surface area contributed by atoms with Crippen molar-refractivity contribution in [3.05, 3.63) is 35.9 Å². The maximum atomic E-state index is 13.6. The zero-order valence-corrected chi connectivity index (χ0v) is 28.8. The van der Waals surface area contributed by atoms with Crippen molar-refractivity contribution in [1.29, 1.82) is 0 Å². The van der Waals surface area contributed by atoms with E-state index in [1.54, 1.807) is 25.1 Å². The molecule has 0 saturated heterocycles. The number of aliphatic carboxylic acids is 1. The molecule has 0 bridgehead atoms. The third-order valence-corrected chi connectivity index (χ3v) is 8.11. The van der Waals surface area contributed by atoms with E-state index in [2.05, 4.69) is 26.6 Å². The number of carbonyl (C=O) groups excluding carboxylic acids is 6. The topological polar surface area (TPSA) is 250 Å². The van der Waals surface area contributed by atoms with Gasteiger partial charge in [-0.2, -0.15) is 0 Å². The molecule has 278 valence electrons. The molecule has 0 heterocycles. The minimum atomic E-state index is -1.48. The van der Waals surface area contributed by atoms with Gasteiger partial charge in [-0.15, -0.1) is 0 Å². The molecule has 5 amide bonds. The molecule has 16 heteroatoms. The largest absolute Gasteiger partial charge is 0.479 e. The molecule has 0 spiro atoms. The van der Waals surface area contributed by atoms with Crippen molar-refractivity contribution >= 4 is 41.5 Å². The van der Waals surface area contributed by atoms with E-state index in [0.29, 0.717) is 24.8 Å². The second-order valence-electron chi connectivity index (χ2n) is 12.8. The van der Waals surface area contributed by atoms with Gasteiger partial charge in [0.25, 0.3) is 5.91 Å². The highest BCUT2D eigenvalue weighted by molar-refractivity contribution is 6.38. The quantitative estimate of drug-likeness (QED) is 0.0866. The summed E-state index contributed by atoms with van der Waals surface area (Å²) in [5.41, 5.74) is 0.293. The molecule has 2 rings (SSSR count).